The Morgan fingerprint density at radius 1 is 1.73 bits per heavy atom. The Labute approximate surface area is 102 Å². The molecule has 1 heterocycles. The largest absolute Gasteiger partial charge is 0.469 e. The summed E-state index contributed by atoms with van der Waals surface area (Å²) < 4.78 is 5.60. The number of nitrogens with zero attached hydrogens (tertiary/aromatic N) is 1. The molecule has 1 aromatic rings. The Morgan fingerprint density at radius 3 is 3.07 bits per heavy atom. The lowest BCUT2D eigenvalue weighted by atomic mass is 10.2. The molecule has 0 N–H and O–H groups in total. The lowest BCUT2D eigenvalue weighted by molar-refractivity contribution is -0.143. The molecule has 0 fully saturated rings. The second kappa shape index (κ2) is 6.12. The number of thioether (sulfide) groups is 1. The van der Waals surface area contributed by atoms with Gasteiger partial charge >= 0.3 is 5.97 Å². The Bertz CT molecular complexity index is 346. The number of methoxy groups -OCH3 is 1. The van der Waals surface area contributed by atoms with Crippen LogP contribution in [0.3, 0.4) is 0 Å². The number of pyridine rings is 1. The quantitative estimate of drug-likeness (QED) is 0.631. The molecule has 1 atom stereocenters. The van der Waals surface area contributed by atoms with E-state index < -0.39 is 0 Å². The topological polar surface area (TPSA) is 39.2 Å². The Morgan fingerprint density at radius 2 is 2.47 bits per heavy atom. The maximum absolute atomic E-state index is 11.2. The van der Waals surface area contributed by atoms with Crippen molar-refractivity contribution in [3.63, 3.8) is 0 Å². The highest BCUT2D eigenvalue weighted by molar-refractivity contribution is 9.10. The van der Waals surface area contributed by atoms with Gasteiger partial charge in [0.25, 0.3) is 0 Å². The van der Waals surface area contributed by atoms with Crippen molar-refractivity contribution in [2.75, 3.05) is 12.9 Å². The number of carbonyl (C=O) groups is 1. The van der Waals surface area contributed by atoms with E-state index in [4.69, 9.17) is 0 Å². The molecule has 0 spiro atoms. The van der Waals surface area contributed by atoms with E-state index in [2.05, 4.69) is 25.7 Å². The molecule has 0 bridgehead atoms. The van der Waals surface area contributed by atoms with Gasteiger partial charge in [-0.3, -0.25) is 4.79 Å². The van der Waals surface area contributed by atoms with E-state index in [1.54, 1.807) is 18.0 Å². The van der Waals surface area contributed by atoms with Crippen molar-refractivity contribution >= 4 is 33.7 Å². The molecule has 15 heavy (non-hydrogen) atoms. The molecule has 0 aliphatic carbocycles. The molecule has 5 heteroatoms. The summed E-state index contributed by atoms with van der Waals surface area (Å²) in [7, 11) is 1.40. The second-order valence-corrected chi connectivity index (χ2v) is 4.89. The molecular formula is C10H12BrNO2S. The third-order valence-electron chi connectivity index (χ3n) is 1.80. The lowest BCUT2D eigenvalue weighted by Crippen LogP contribution is -2.14. The van der Waals surface area contributed by atoms with Crippen molar-refractivity contribution < 1.29 is 9.53 Å². The molecule has 0 aromatic carbocycles. The first-order chi connectivity index (χ1) is 7.15. The molecule has 1 rings (SSSR count). The highest BCUT2D eigenvalue weighted by Gasteiger charge is 2.14. The number of aromatic nitrogens is 1. The third kappa shape index (κ3) is 3.83. The zero-order valence-corrected chi connectivity index (χ0v) is 11.0. The summed E-state index contributed by atoms with van der Waals surface area (Å²) in [4.78, 5) is 15.3. The minimum atomic E-state index is -0.186. The Balaban J connectivity index is 2.50. The van der Waals surface area contributed by atoms with Crippen LogP contribution in [0.25, 0.3) is 0 Å². The molecule has 1 unspecified atom stereocenters. The molecule has 0 aliphatic rings. The van der Waals surface area contributed by atoms with Crippen molar-refractivity contribution in [1.29, 1.82) is 0 Å². The van der Waals surface area contributed by atoms with Crippen molar-refractivity contribution in [3.8, 4) is 0 Å². The normalized spacial score (nSPS) is 12.2. The molecule has 0 saturated carbocycles. The van der Waals surface area contributed by atoms with E-state index in [0.717, 1.165) is 9.50 Å². The Kier molecular flexibility index (Phi) is 5.11. The van der Waals surface area contributed by atoms with E-state index in [1.165, 1.54) is 7.11 Å². The van der Waals surface area contributed by atoms with Gasteiger partial charge in [-0.05, 0) is 28.1 Å². The maximum Gasteiger partial charge on any atom is 0.309 e. The summed E-state index contributed by atoms with van der Waals surface area (Å²) in [6.07, 6.45) is 1.73. The van der Waals surface area contributed by atoms with Gasteiger partial charge in [-0.15, -0.1) is 11.8 Å². The first-order valence-electron chi connectivity index (χ1n) is 4.46. The van der Waals surface area contributed by atoms with Gasteiger partial charge in [-0.1, -0.05) is 6.92 Å². The number of ether oxygens (including phenoxy) is 1. The van der Waals surface area contributed by atoms with E-state index in [9.17, 15) is 4.79 Å². The van der Waals surface area contributed by atoms with Gasteiger partial charge in [0.15, 0.2) is 0 Å². The van der Waals surface area contributed by atoms with Crippen molar-refractivity contribution in [3.05, 3.63) is 22.8 Å². The van der Waals surface area contributed by atoms with Crippen LogP contribution in [0.2, 0.25) is 0 Å². The van der Waals surface area contributed by atoms with Gasteiger partial charge in [0.1, 0.15) is 5.03 Å². The fourth-order valence-corrected chi connectivity index (χ4v) is 2.43. The Hall–Kier alpha value is -0.550. The van der Waals surface area contributed by atoms with Crippen LogP contribution < -0.4 is 0 Å². The molecule has 0 aliphatic heterocycles. The monoisotopic (exact) mass is 289 g/mol. The van der Waals surface area contributed by atoms with Crippen molar-refractivity contribution in [1.82, 2.24) is 4.98 Å². The zero-order valence-electron chi connectivity index (χ0n) is 8.57. The van der Waals surface area contributed by atoms with Gasteiger partial charge in [0, 0.05) is 16.4 Å². The fourth-order valence-electron chi connectivity index (χ4n) is 0.951. The van der Waals surface area contributed by atoms with Crippen molar-refractivity contribution in [2.24, 2.45) is 5.92 Å². The molecule has 82 valence electrons. The minimum Gasteiger partial charge on any atom is -0.469 e. The predicted molar refractivity (Wildman–Crippen MR) is 63.8 cm³/mol. The molecule has 0 amide bonds. The van der Waals surface area contributed by atoms with E-state index in [1.807, 2.05) is 19.1 Å². The zero-order chi connectivity index (χ0) is 11.3. The van der Waals surface area contributed by atoms with Crippen molar-refractivity contribution in [2.45, 2.75) is 11.9 Å². The molecular weight excluding hydrogens is 278 g/mol. The number of hydrogen-bond acceptors (Lipinski definition) is 4. The molecule has 1 aromatic heterocycles. The summed E-state index contributed by atoms with van der Waals surface area (Å²) >= 11 is 4.94. The van der Waals surface area contributed by atoms with E-state index >= 15 is 0 Å². The summed E-state index contributed by atoms with van der Waals surface area (Å²) in [5.41, 5.74) is 0. The maximum atomic E-state index is 11.2. The third-order valence-corrected chi connectivity index (χ3v) is 3.97. The number of hydrogen-bond donors (Lipinski definition) is 0. The average Bonchev–Trinajstić information content (AvgIpc) is 2.26. The van der Waals surface area contributed by atoms with Crippen LogP contribution in [-0.4, -0.2) is 23.8 Å². The highest BCUT2D eigenvalue weighted by Crippen LogP contribution is 2.26. The SMILES string of the molecule is COC(=O)C(C)CSc1ncccc1Br. The lowest BCUT2D eigenvalue weighted by Gasteiger charge is -2.08. The standard InChI is InChI=1S/C10H12BrNO2S/c1-7(10(13)14-2)6-15-9-8(11)4-3-5-12-9/h3-5,7H,6H2,1-2H3. The fraction of sp³-hybridized carbons (Fsp3) is 0.400. The highest BCUT2D eigenvalue weighted by atomic mass is 79.9. The molecule has 3 nitrogen and oxygen atoms in total. The molecule has 0 saturated heterocycles. The second-order valence-electron chi connectivity index (χ2n) is 3.03. The summed E-state index contributed by atoms with van der Waals surface area (Å²) in [5, 5.41) is 0.897. The van der Waals surface area contributed by atoms with Gasteiger partial charge in [0.05, 0.1) is 13.0 Å². The number of rotatable bonds is 4. The van der Waals surface area contributed by atoms with Crippen LogP contribution in [0.5, 0.6) is 0 Å². The van der Waals surface area contributed by atoms with Crippen LogP contribution >= 0.6 is 27.7 Å². The van der Waals surface area contributed by atoms with E-state index in [0.29, 0.717) is 5.75 Å². The number of halogens is 1. The first-order valence-corrected chi connectivity index (χ1v) is 6.24. The number of carbonyl (C=O) groups excluding carboxylic acids is 1. The van der Waals surface area contributed by atoms with E-state index in [-0.39, 0.29) is 11.9 Å². The predicted octanol–water partition coefficient (Wildman–Crippen LogP) is 2.75. The molecule has 0 radical (unpaired) electrons. The van der Waals surface area contributed by atoms with Crippen LogP contribution in [0.4, 0.5) is 0 Å². The summed E-state index contributed by atoms with van der Waals surface area (Å²) in [6, 6.07) is 3.79. The van der Waals surface area contributed by atoms with Gasteiger partial charge in [0.2, 0.25) is 0 Å². The summed E-state index contributed by atoms with van der Waals surface area (Å²) in [5.74, 6) is 0.367. The number of esters is 1. The summed E-state index contributed by atoms with van der Waals surface area (Å²) in [6.45, 7) is 1.84. The van der Waals surface area contributed by atoms with Crippen LogP contribution in [-0.2, 0) is 9.53 Å². The van der Waals surface area contributed by atoms with Crippen LogP contribution in [0, 0.1) is 5.92 Å². The minimum absolute atomic E-state index is 0.117. The van der Waals surface area contributed by atoms with Crippen LogP contribution in [0.1, 0.15) is 6.92 Å². The van der Waals surface area contributed by atoms with Gasteiger partial charge in [-0.25, -0.2) is 4.98 Å². The van der Waals surface area contributed by atoms with Gasteiger partial charge < -0.3 is 4.74 Å². The average molecular weight is 290 g/mol. The smallest absolute Gasteiger partial charge is 0.309 e. The first kappa shape index (κ1) is 12.5. The van der Waals surface area contributed by atoms with Gasteiger partial charge in [-0.2, -0.15) is 0 Å². The van der Waals surface area contributed by atoms with Crippen LogP contribution in [0.15, 0.2) is 27.8 Å².